The molecule has 0 bridgehead atoms. The van der Waals surface area contributed by atoms with Crippen molar-refractivity contribution in [2.75, 3.05) is 0 Å². The quantitative estimate of drug-likeness (QED) is 0.483. The second kappa shape index (κ2) is 5.09. The fourth-order valence-corrected chi connectivity index (χ4v) is 3.24. The maximum absolute atomic E-state index is 10.5. The molecule has 17 heavy (non-hydrogen) atoms. The van der Waals surface area contributed by atoms with Gasteiger partial charge in [0.25, 0.3) is 5.69 Å². The van der Waals surface area contributed by atoms with E-state index in [1.165, 1.54) is 39.1 Å². The van der Waals surface area contributed by atoms with Crippen LogP contribution >= 0.6 is 44.1 Å². The zero-order valence-corrected chi connectivity index (χ0v) is 11.1. The number of non-ortho nitro benzene ring substituents is 1. The van der Waals surface area contributed by atoms with Crippen LogP contribution in [0.25, 0.3) is 0 Å². The van der Waals surface area contributed by atoms with Gasteiger partial charge in [-0.15, -0.1) is 0 Å². The average Bonchev–Trinajstić information content (AvgIpc) is 2.67. The third kappa shape index (κ3) is 2.81. The van der Waals surface area contributed by atoms with Crippen molar-refractivity contribution in [1.29, 1.82) is 0 Å². The Bertz CT molecular complexity index is 638. The standard InChI is InChI=1S/C8H3Cl2N3O2S2/c9-5-3-4(13(14)15)1-2-6(5)11-8-7(10)12-17-16-8/h1-3H. The number of benzene rings is 1. The number of nitrogens with zero attached hydrogens (tertiary/aromatic N) is 3. The van der Waals surface area contributed by atoms with Gasteiger partial charge in [0.2, 0.25) is 0 Å². The summed E-state index contributed by atoms with van der Waals surface area (Å²) in [6.45, 7) is 0. The zero-order chi connectivity index (χ0) is 12.4. The third-order valence-corrected chi connectivity index (χ3v) is 4.25. The van der Waals surface area contributed by atoms with Crippen LogP contribution in [0.2, 0.25) is 10.2 Å². The number of halogens is 2. The molecule has 1 aromatic heterocycles. The Hall–Kier alpha value is -1.02. The lowest BCUT2D eigenvalue weighted by Crippen LogP contribution is -1.93. The van der Waals surface area contributed by atoms with Crippen molar-refractivity contribution < 1.29 is 4.92 Å². The minimum atomic E-state index is -0.516. The molecular formula is C8H3Cl2N3O2S2. The van der Waals surface area contributed by atoms with Gasteiger partial charge in [-0.1, -0.05) is 23.2 Å². The molecule has 1 heterocycles. The molecule has 2 aromatic rings. The van der Waals surface area contributed by atoms with E-state index in [1.807, 2.05) is 0 Å². The van der Waals surface area contributed by atoms with Crippen LogP contribution in [0, 0.1) is 10.1 Å². The molecule has 5 nitrogen and oxygen atoms in total. The van der Waals surface area contributed by atoms with Crippen molar-refractivity contribution in [3.8, 4) is 0 Å². The first-order valence-electron chi connectivity index (χ1n) is 4.18. The Kier molecular flexibility index (Phi) is 3.72. The van der Waals surface area contributed by atoms with E-state index in [0.717, 1.165) is 0 Å². The van der Waals surface area contributed by atoms with Crippen molar-refractivity contribution in [1.82, 2.24) is 4.37 Å². The molecule has 1 aromatic carbocycles. The summed E-state index contributed by atoms with van der Waals surface area (Å²) in [6, 6.07) is 4.06. The highest BCUT2D eigenvalue weighted by Crippen LogP contribution is 2.28. The molecule has 0 amide bonds. The Morgan fingerprint density at radius 3 is 2.71 bits per heavy atom. The molecule has 9 heteroatoms. The summed E-state index contributed by atoms with van der Waals surface area (Å²) in [6.07, 6.45) is 0. The molecule has 2 rings (SSSR count). The van der Waals surface area contributed by atoms with E-state index in [-0.39, 0.29) is 10.7 Å². The summed E-state index contributed by atoms with van der Waals surface area (Å²) in [4.78, 5) is 14.2. The molecule has 0 aliphatic rings. The minimum absolute atomic E-state index is 0.0767. The second-order valence-electron chi connectivity index (χ2n) is 2.85. The van der Waals surface area contributed by atoms with Gasteiger partial charge in [-0.2, -0.15) is 4.37 Å². The molecule has 0 N–H and O–H groups in total. The van der Waals surface area contributed by atoms with Crippen LogP contribution in [0.5, 0.6) is 0 Å². The van der Waals surface area contributed by atoms with Crippen LogP contribution in [0.4, 0.5) is 11.4 Å². The second-order valence-corrected chi connectivity index (χ2v) is 5.45. The fourth-order valence-electron chi connectivity index (χ4n) is 1.03. The van der Waals surface area contributed by atoms with E-state index < -0.39 is 4.92 Å². The molecule has 0 saturated carbocycles. The van der Waals surface area contributed by atoms with Gasteiger partial charge >= 0.3 is 0 Å². The van der Waals surface area contributed by atoms with Crippen molar-refractivity contribution in [2.45, 2.75) is 0 Å². The van der Waals surface area contributed by atoms with E-state index in [1.54, 1.807) is 0 Å². The minimum Gasteiger partial charge on any atom is -0.258 e. The largest absolute Gasteiger partial charge is 0.271 e. The van der Waals surface area contributed by atoms with Crippen molar-refractivity contribution >= 4 is 55.5 Å². The number of nitro benzene ring substituents is 1. The molecule has 0 aliphatic heterocycles. The Morgan fingerprint density at radius 2 is 2.18 bits per heavy atom. The van der Waals surface area contributed by atoms with E-state index >= 15 is 0 Å². The number of rotatable bonds is 2. The molecule has 0 saturated heterocycles. The summed E-state index contributed by atoms with van der Waals surface area (Å²) >= 11 is 11.7. The lowest BCUT2D eigenvalue weighted by atomic mass is 10.3. The van der Waals surface area contributed by atoms with Crippen LogP contribution in [0.15, 0.2) is 23.2 Å². The van der Waals surface area contributed by atoms with Gasteiger partial charge in [0.1, 0.15) is 0 Å². The fraction of sp³-hybridized carbons (Fsp3) is 0. The summed E-state index contributed by atoms with van der Waals surface area (Å²) in [5.41, 5.74) is 0.350. The van der Waals surface area contributed by atoms with Crippen LogP contribution < -0.4 is 4.67 Å². The zero-order valence-electron chi connectivity index (χ0n) is 7.96. The molecular weight excluding hydrogens is 305 g/mol. The number of hydrogen-bond donors (Lipinski definition) is 0. The predicted molar refractivity (Wildman–Crippen MR) is 68.3 cm³/mol. The van der Waals surface area contributed by atoms with Gasteiger partial charge < -0.3 is 0 Å². The Labute approximate surface area is 113 Å². The third-order valence-electron chi connectivity index (χ3n) is 1.77. The highest BCUT2D eigenvalue weighted by Gasteiger charge is 2.09. The monoisotopic (exact) mass is 307 g/mol. The predicted octanol–water partition coefficient (Wildman–Crippen LogP) is 3.65. The lowest BCUT2D eigenvalue weighted by molar-refractivity contribution is -0.384. The van der Waals surface area contributed by atoms with E-state index in [0.29, 0.717) is 15.5 Å². The Morgan fingerprint density at radius 1 is 1.41 bits per heavy atom. The van der Waals surface area contributed by atoms with Crippen LogP contribution in [-0.4, -0.2) is 9.30 Å². The highest BCUT2D eigenvalue weighted by atomic mass is 35.5. The van der Waals surface area contributed by atoms with E-state index in [4.69, 9.17) is 23.2 Å². The van der Waals surface area contributed by atoms with Gasteiger partial charge in [0.05, 0.1) is 15.6 Å². The first kappa shape index (κ1) is 12.4. The highest BCUT2D eigenvalue weighted by molar-refractivity contribution is 7.66. The van der Waals surface area contributed by atoms with Crippen molar-refractivity contribution in [2.24, 2.45) is 4.99 Å². The maximum Gasteiger partial charge on any atom is 0.271 e. The van der Waals surface area contributed by atoms with Gasteiger partial charge in [-0.05, 0) is 16.4 Å². The first-order valence-corrected chi connectivity index (χ1v) is 7.04. The van der Waals surface area contributed by atoms with Gasteiger partial charge in [-0.25, -0.2) is 4.99 Å². The Balaban J connectivity index is 2.49. The van der Waals surface area contributed by atoms with E-state index in [9.17, 15) is 10.1 Å². The molecule has 0 aliphatic carbocycles. The van der Waals surface area contributed by atoms with Crippen LogP contribution in [0.3, 0.4) is 0 Å². The molecule has 88 valence electrons. The molecule has 0 atom stereocenters. The van der Waals surface area contributed by atoms with Crippen molar-refractivity contribution in [3.63, 3.8) is 0 Å². The van der Waals surface area contributed by atoms with Gasteiger partial charge in [0.15, 0.2) is 9.82 Å². The topological polar surface area (TPSA) is 68.4 Å². The molecule has 0 spiro atoms. The van der Waals surface area contributed by atoms with Gasteiger partial charge in [0, 0.05) is 22.7 Å². The number of nitro groups is 1. The first-order chi connectivity index (χ1) is 8.08. The number of hydrogen-bond acceptors (Lipinski definition) is 6. The normalized spacial score (nSPS) is 11.8. The lowest BCUT2D eigenvalue weighted by Gasteiger charge is -1.96. The average molecular weight is 308 g/mol. The summed E-state index contributed by atoms with van der Waals surface area (Å²) in [7, 11) is 2.52. The number of aromatic nitrogens is 1. The smallest absolute Gasteiger partial charge is 0.258 e. The van der Waals surface area contributed by atoms with E-state index in [2.05, 4.69) is 9.37 Å². The van der Waals surface area contributed by atoms with Gasteiger partial charge in [-0.3, -0.25) is 10.1 Å². The van der Waals surface area contributed by atoms with Crippen LogP contribution in [-0.2, 0) is 0 Å². The summed E-state index contributed by atoms with van der Waals surface area (Å²) in [5.74, 6) is 0. The maximum atomic E-state index is 10.5. The van der Waals surface area contributed by atoms with Crippen molar-refractivity contribution in [3.05, 3.63) is 43.2 Å². The summed E-state index contributed by atoms with van der Waals surface area (Å²) in [5, 5.41) is 11.0. The summed E-state index contributed by atoms with van der Waals surface area (Å²) < 4.78 is 4.40. The molecule has 0 radical (unpaired) electrons. The van der Waals surface area contributed by atoms with Crippen LogP contribution in [0.1, 0.15) is 0 Å². The SMILES string of the molecule is O=[N+]([O-])c1ccc(N=c2ssnc2Cl)c(Cl)c1. The molecule has 0 fully saturated rings. The molecule has 0 unspecified atom stereocenters.